The van der Waals surface area contributed by atoms with Gasteiger partial charge in [0.1, 0.15) is 5.84 Å². The van der Waals surface area contributed by atoms with Gasteiger partial charge in [-0.15, -0.1) is 0 Å². The van der Waals surface area contributed by atoms with Crippen LogP contribution in [0.4, 0.5) is 0 Å². The van der Waals surface area contributed by atoms with Crippen molar-refractivity contribution in [1.29, 1.82) is 0 Å². The molecule has 1 atom stereocenters. The van der Waals surface area contributed by atoms with Crippen LogP contribution in [-0.2, 0) is 0 Å². The number of rotatable bonds is 5. The summed E-state index contributed by atoms with van der Waals surface area (Å²) in [6, 6.07) is 7.19. The van der Waals surface area contributed by atoms with Gasteiger partial charge < -0.3 is 15.8 Å². The van der Waals surface area contributed by atoms with E-state index >= 15 is 0 Å². The topological polar surface area (TPSA) is 78.9 Å². The summed E-state index contributed by atoms with van der Waals surface area (Å²) in [5.41, 5.74) is 6.16. The zero-order chi connectivity index (χ0) is 14.4. The molecule has 0 aliphatic rings. The van der Waals surface area contributed by atoms with Crippen LogP contribution in [-0.4, -0.2) is 34.9 Å². The zero-order valence-corrected chi connectivity index (χ0v) is 12.6. The SMILES string of the molecule is CCN(CC(C)C(N)=NO)C(=O)c1ccc(Br)cc1. The molecule has 0 saturated heterocycles. The molecule has 1 unspecified atom stereocenters. The Kier molecular flexibility index (Phi) is 5.82. The molecular formula is C13H18BrN3O2. The molecule has 0 spiro atoms. The molecule has 3 N–H and O–H groups in total. The summed E-state index contributed by atoms with van der Waals surface area (Å²) in [6.07, 6.45) is 0. The highest BCUT2D eigenvalue weighted by molar-refractivity contribution is 9.10. The standard InChI is InChI=1S/C13H18BrN3O2/c1-3-17(8-9(2)12(15)16-19)13(18)10-4-6-11(14)7-5-10/h4-7,9,19H,3,8H2,1-2H3,(H2,15,16). The molecule has 0 heterocycles. The van der Waals surface area contributed by atoms with E-state index in [4.69, 9.17) is 10.9 Å². The Balaban J connectivity index is 2.80. The third-order valence-corrected chi connectivity index (χ3v) is 3.40. The van der Waals surface area contributed by atoms with Crippen molar-refractivity contribution in [3.05, 3.63) is 34.3 Å². The molecule has 1 amide bonds. The molecular weight excluding hydrogens is 310 g/mol. The summed E-state index contributed by atoms with van der Waals surface area (Å²) in [7, 11) is 0. The molecule has 104 valence electrons. The van der Waals surface area contributed by atoms with Gasteiger partial charge in [-0.1, -0.05) is 28.0 Å². The van der Waals surface area contributed by atoms with Crippen LogP contribution in [0.15, 0.2) is 33.9 Å². The lowest BCUT2D eigenvalue weighted by atomic mass is 10.1. The van der Waals surface area contributed by atoms with Crippen molar-refractivity contribution in [2.24, 2.45) is 16.8 Å². The second-order valence-corrected chi connectivity index (χ2v) is 5.19. The first kappa shape index (κ1) is 15.5. The maximum atomic E-state index is 12.3. The maximum Gasteiger partial charge on any atom is 0.253 e. The summed E-state index contributed by atoms with van der Waals surface area (Å²) >= 11 is 3.33. The Labute approximate surface area is 121 Å². The summed E-state index contributed by atoms with van der Waals surface area (Å²) in [4.78, 5) is 14.0. The Morgan fingerprint density at radius 2 is 2.05 bits per heavy atom. The smallest absolute Gasteiger partial charge is 0.253 e. The van der Waals surface area contributed by atoms with Crippen molar-refractivity contribution >= 4 is 27.7 Å². The van der Waals surface area contributed by atoms with Crippen LogP contribution in [0.2, 0.25) is 0 Å². The summed E-state index contributed by atoms with van der Waals surface area (Å²) in [6.45, 7) is 4.70. The van der Waals surface area contributed by atoms with Gasteiger partial charge in [-0.25, -0.2) is 0 Å². The van der Waals surface area contributed by atoms with Crippen LogP contribution >= 0.6 is 15.9 Å². The van der Waals surface area contributed by atoms with E-state index in [1.807, 2.05) is 26.0 Å². The molecule has 1 rings (SSSR count). The number of oxime groups is 1. The number of benzene rings is 1. The quantitative estimate of drug-likeness (QED) is 0.377. The van der Waals surface area contributed by atoms with Crippen molar-refractivity contribution in [3.8, 4) is 0 Å². The minimum absolute atomic E-state index is 0.0624. The molecule has 5 nitrogen and oxygen atoms in total. The first-order valence-corrected chi connectivity index (χ1v) is 6.81. The van der Waals surface area contributed by atoms with Gasteiger partial charge in [0, 0.05) is 29.0 Å². The molecule has 1 aromatic carbocycles. The summed E-state index contributed by atoms with van der Waals surface area (Å²) in [5.74, 6) is -0.126. The molecule has 0 bridgehead atoms. The highest BCUT2D eigenvalue weighted by atomic mass is 79.9. The van der Waals surface area contributed by atoms with Crippen molar-refractivity contribution in [2.75, 3.05) is 13.1 Å². The van der Waals surface area contributed by atoms with Crippen LogP contribution < -0.4 is 5.73 Å². The van der Waals surface area contributed by atoms with E-state index in [0.717, 1.165) is 4.47 Å². The van der Waals surface area contributed by atoms with E-state index in [2.05, 4.69) is 21.1 Å². The van der Waals surface area contributed by atoms with E-state index in [9.17, 15) is 4.79 Å². The van der Waals surface area contributed by atoms with E-state index in [0.29, 0.717) is 18.7 Å². The van der Waals surface area contributed by atoms with Crippen molar-refractivity contribution in [2.45, 2.75) is 13.8 Å². The predicted octanol–water partition coefficient (Wildman–Crippen LogP) is 2.29. The Hall–Kier alpha value is -1.56. The number of hydrogen-bond donors (Lipinski definition) is 2. The Morgan fingerprint density at radius 1 is 1.47 bits per heavy atom. The van der Waals surface area contributed by atoms with Crippen LogP contribution in [0.5, 0.6) is 0 Å². The molecule has 1 aromatic rings. The van der Waals surface area contributed by atoms with Crippen LogP contribution in [0.3, 0.4) is 0 Å². The molecule has 0 aliphatic heterocycles. The molecule has 0 fully saturated rings. The molecule has 0 radical (unpaired) electrons. The number of nitrogens with zero attached hydrogens (tertiary/aromatic N) is 2. The van der Waals surface area contributed by atoms with Gasteiger partial charge in [-0.05, 0) is 31.2 Å². The lowest BCUT2D eigenvalue weighted by molar-refractivity contribution is 0.0754. The zero-order valence-electron chi connectivity index (χ0n) is 11.0. The lowest BCUT2D eigenvalue weighted by Gasteiger charge is -2.24. The minimum Gasteiger partial charge on any atom is -0.409 e. The molecule has 6 heteroatoms. The molecule has 0 aromatic heterocycles. The number of nitrogens with two attached hydrogens (primary N) is 1. The second kappa shape index (κ2) is 7.13. The van der Waals surface area contributed by atoms with E-state index in [1.54, 1.807) is 17.0 Å². The average Bonchev–Trinajstić information content (AvgIpc) is 2.43. The summed E-state index contributed by atoms with van der Waals surface area (Å²) < 4.78 is 0.928. The summed E-state index contributed by atoms with van der Waals surface area (Å²) in [5, 5.41) is 11.6. The van der Waals surface area contributed by atoms with E-state index < -0.39 is 0 Å². The van der Waals surface area contributed by atoms with Crippen molar-refractivity contribution in [1.82, 2.24) is 4.90 Å². The fourth-order valence-electron chi connectivity index (χ4n) is 1.65. The van der Waals surface area contributed by atoms with Crippen molar-refractivity contribution < 1.29 is 10.0 Å². The first-order valence-electron chi connectivity index (χ1n) is 6.01. The van der Waals surface area contributed by atoms with E-state index in [1.165, 1.54) is 0 Å². The van der Waals surface area contributed by atoms with Crippen LogP contribution in [0.25, 0.3) is 0 Å². The van der Waals surface area contributed by atoms with Gasteiger partial charge in [0.25, 0.3) is 5.91 Å². The minimum atomic E-state index is -0.190. The molecule has 0 saturated carbocycles. The van der Waals surface area contributed by atoms with Gasteiger partial charge >= 0.3 is 0 Å². The fourth-order valence-corrected chi connectivity index (χ4v) is 1.92. The Bertz CT molecular complexity index is 459. The average molecular weight is 328 g/mol. The first-order chi connectivity index (χ1) is 8.99. The largest absolute Gasteiger partial charge is 0.409 e. The third-order valence-electron chi connectivity index (χ3n) is 2.87. The van der Waals surface area contributed by atoms with Gasteiger partial charge in [0.05, 0.1) is 0 Å². The number of carbonyl (C=O) groups is 1. The molecule has 19 heavy (non-hydrogen) atoms. The predicted molar refractivity (Wildman–Crippen MR) is 78.3 cm³/mol. The van der Waals surface area contributed by atoms with Gasteiger partial charge in [-0.3, -0.25) is 4.79 Å². The third kappa shape index (κ3) is 4.24. The maximum absolute atomic E-state index is 12.3. The van der Waals surface area contributed by atoms with E-state index in [-0.39, 0.29) is 17.7 Å². The number of hydrogen-bond acceptors (Lipinski definition) is 3. The second-order valence-electron chi connectivity index (χ2n) is 4.28. The van der Waals surface area contributed by atoms with Crippen LogP contribution in [0, 0.1) is 5.92 Å². The number of carbonyl (C=O) groups excluding carboxylic acids is 1. The highest BCUT2D eigenvalue weighted by Crippen LogP contribution is 2.13. The normalized spacial score (nSPS) is 13.1. The van der Waals surface area contributed by atoms with Crippen LogP contribution in [0.1, 0.15) is 24.2 Å². The number of amidine groups is 1. The highest BCUT2D eigenvalue weighted by Gasteiger charge is 2.18. The molecule has 0 aliphatic carbocycles. The number of amides is 1. The van der Waals surface area contributed by atoms with Gasteiger partial charge in [0.2, 0.25) is 0 Å². The van der Waals surface area contributed by atoms with Crippen molar-refractivity contribution in [3.63, 3.8) is 0 Å². The van der Waals surface area contributed by atoms with Gasteiger partial charge in [-0.2, -0.15) is 0 Å². The lowest BCUT2D eigenvalue weighted by Crippen LogP contribution is -2.38. The Morgan fingerprint density at radius 3 is 2.53 bits per heavy atom. The van der Waals surface area contributed by atoms with Gasteiger partial charge in [0.15, 0.2) is 0 Å². The number of halogens is 1. The fraction of sp³-hybridized carbons (Fsp3) is 0.385. The monoisotopic (exact) mass is 327 g/mol.